The third-order valence-corrected chi connectivity index (χ3v) is 3.03. The van der Waals surface area contributed by atoms with Gasteiger partial charge in [0.1, 0.15) is 0 Å². The Bertz CT molecular complexity index is 196. The summed E-state index contributed by atoms with van der Waals surface area (Å²) in [6.07, 6.45) is 1.77. The molecular formula is C10H21N3O. The highest BCUT2D eigenvalue weighted by Crippen LogP contribution is 2.21. The van der Waals surface area contributed by atoms with Crippen LogP contribution in [0.25, 0.3) is 0 Å². The number of carbonyl (C=O) groups excluding carboxylic acids is 1. The van der Waals surface area contributed by atoms with Crippen molar-refractivity contribution in [3.63, 3.8) is 0 Å². The molecule has 1 aliphatic rings. The minimum atomic E-state index is 0.119. The summed E-state index contributed by atoms with van der Waals surface area (Å²) in [5.74, 6) is 0.739. The molecule has 1 aliphatic heterocycles. The topological polar surface area (TPSA) is 58.4 Å². The molecule has 1 amide bonds. The highest BCUT2D eigenvalue weighted by atomic mass is 16.1. The van der Waals surface area contributed by atoms with E-state index in [2.05, 4.69) is 17.1 Å². The van der Waals surface area contributed by atoms with Crippen molar-refractivity contribution in [3.05, 3.63) is 0 Å². The molecule has 0 saturated carbocycles. The van der Waals surface area contributed by atoms with Crippen molar-refractivity contribution in [2.75, 3.05) is 26.7 Å². The zero-order valence-electron chi connectivity index (χ0n) is 9.12. The molecule has 0 aromatic heterocycles. The fourth-order valence-electron chi connectivity index (χ4n) is 2.07. The number of nitrogens with two attached hydrogens (primary N) is 1. The number of rotatable bonds is 4. The van der Waals surface area contributed by atoms with Crippen LogP contribution in [-0.4, -0.2) is 43.5 Å². The van der Waals surface area contributed by atoms with Crippen LogP contribution in [0.3, 0.4) is 0 Å². The predicted molar refractivity (Wildman–Crippen MR) is 56.9 cm³/mol. The van der Waals surface area contributed by atoms with Gasteiger partial charge in [-0.25, -0.2) is 0 Å². The first-order chi connectivity index (χ1) is 6.67. The highest BCUT2D eigenvalue weighted by Gasteiger charge is 2.27. The SMILES string of the molecule is CNC(=O)CCN1CC(CN)CC1C. The molecule has 0 aromatic rings. The summed E-state index contributed by atoms with van der Waals surface area (Å²) in [5, 5.41) is 2.64. The van der Waals surface area contributed by atoms with Gasteiger partial charge in [-0.15, -0.1) is 0 Å². The number of hydrogen-bond acceptors (Lipinski definition) is 3. The highest BCUT2D eigenvalue weighted by molar-refractivity contribution is 5.75. The zero-order valence-corrected chi connectivity index (χ0v) is 9.12. The number of nitrogens with zero attached hydrogens (tertiary/aromatic N) is 1. The van der Waals surface area contributed by atoms with Crippen LogP contribution in [0.5, 0.6) is 0 Å². The van der Waals surface area contributed by atoms with Crippen molar-refractivity contribution < 1.29 is 4.79 Å². The molecule has 82 valence electrons. The van der Waals surface area contributed by atoms with E-state index in [4.69, 9.17) is 5.73 Å². The van der Waals surface area contributed by atoms with Crippen LogP contribution in [0, 0.1) is 5.92 Å². The van der Waals surface area contributed by atoms with E-state index in [9.17, 15) is 4.79 Å². The second-order valence-electron chi connectivity index (χ2n) is 4.10. The van der Waals surface area contributed by atoms with Gasteiger partial charge in [-0.05, 0) is 25.8 Å². The third-order valence-electron chi connectivity index (χ3n) is 3.03. The third kappa shape index (κ3) is 2.96. The molecule has 2 atom stereocenters. The average Bonchev–Trinajstić information content (AvgIpc) is 2.55. The van der Waals surface area contributed by atoms with E-state index in [0.29, 0.717) is 18.4 Å². The molecule has 1 saturated heterocycles. The van der Waals surface area contributed by atoms with E-state index in [1.165, 1.54) is 6.42 Å². The molecule has 0 aliphatic carbocycles. The smallest absolute Gasteiger partial charge is 0.221 e. The van der Waals surface area contributed by atoms with Gasteiger partial charge in [0.25, 0.3) is 0 Å². The Morgan fingerprint density at radius 2 is 2.36 bits per heavy atom. The maximum Gasteiger partial charge on any atom is 0.221 e. The first kappa shape index (κ1) is 11.5. The minimum absolute atomic E-state index is 0.119. The molecule has 2 unspecified atom stereocenters. The number of amides is 1. The van der Waals surface area contributed by atoms with Gasteiger partial charge in [0.05, 0.1) is 0 Å². The largest absolute Gasteiger partial charge is 0.359 e. The van der Waals surface area contributed by atoms with Crippen molar-refractivity contribution >= 4 is 5.91 Å². The van der Waals surface area contributed by atoms with Gasteiger partial charge in [-0.1, -0.05) is 0 Å². The van der Waals surface area contributed by atoms with Gasteiger partial charge in [-0.3, -0.25) is 9.69 Å². The molecule has 1 heterocycles. The lowest BCUT2D eigenvalue weighted by Crippen LogP contribution is -2.32. The molecule has 4 nitrogen and oxygen atoms in total. The monoisotopic (exact) mass is 199 g/mol. The van der Waals surface area contributed by atoms with Crippen LogP contribution < -0.4 is 11.1 Å². The molecule has 0 aromatic carbocycles. The van der Waals surface area contributed by atoms with Crippen LogP contribution in [0.1, 0.15) is 19.8 Å². The summed E-state index contributed by atoms with van der Waals surface area (Å²) in [7, 11) is 1.68. The zero-order chi connectivity index (χ0) is 10.6. The maximum absolute atomic E-state index is 11.1. The van der Waals surface area contributed by atoms with Crippen LogP contribution >= 0.6 is 0 Å². The molecule has 14 heavy (non-hydrogen) atoms. The van der Waals surface area contributed by atoms with Crippen molar-refractivity contribution in [1.82, 2.24) is 10.2 Å². The van der Waals surface area contributed by atoms with Gasteiger partial charge in [0, 0.05) is 32.6 Å². The van der Waals surface area contributed by atoms with Gasteiger partial charge in [-0.2, -0.15) is 0 Å². The summed E-state index contributed by atoms with van der Waals surface area (Å²) in [6, 6.07) is 0.577. The first-order valence-corrected chi connectivity index (χ1v) is 5.32. The number of likely N-dealkylation sites (tertiary alicyclic amines) is 1. The molecular weight excluding hydrogens is 178 g/mol. The van der Waals surface area contributed by atoms with Crippen LogP contribution in [0.2, 0.25) is 0 Å². The Kier molecular flexibility index (Phi) is 4.35. The fourth-order valence-corrected chi connectivity index (χ4v) is 2.07. The van der Waals surface area contributed by atoms with E-state index in [-0.39, 0.29) is 5.91 Å². The Morgan fingerprint density at radius 1 is 1.64 bits per heavy atom. The van der Waals surface area contributed by atoms with Gasteiger partial charge in [0.15, 0.2) is 0 Å². The Labute approximate surface area is 85.8 Å². The van der Waals surface area contributed by atoms with Crippen molar-refractivity contribution in [1.29, 1.82) is 0 Å². The Hall–Kier alpha value is -0.610. The number of hydrogen-bond donors (Lipinski definition) is 2. The first-order valence-electron chi connectivity index (χ1n) is 5.32. The number of nitrogens with one attached hydrogen (secondary N) is 1. The van der Waals surface area contributed by atoms with Crippen molar-refractivity contribution in [2.24, 2.45) is 11.7 Å². The van der Waals surface area contributed by atoms with Crippen molar-refractivity contribution in [2.45, 2.75) is 25.8 Å². The second-order valence-corrected chi connectivity index (χ2v) is 4.10. The summed E-state index contributed by atoms with van der Waals surface area (Å²) in [4.78, 5) is 13.4. The molecule has 0 radical (unpaired) electrons. The van der Waals surface area contributed by atoms with E-state index in [1.54, 1.807) is 7.05 Å². The van der Waals surface area contributed by atoms with Crippen LogP contribution in [0.15, 0.2) is 0 Å². The van der Waals surface area contributed by atoms with E-state index >= 15 is 0 Å². The molecule has 1 rings (SSSR count). The standard InChI is InChI=1S/C10H21N3O/c1-8-5-9(6-11)7-13(8)4-3-10(14)12-2/h8-9H,3-7,11H2,1-2H3,(H,12,14). The van der Waals surface area contributed by atoms with E-state index in [1.807, 2.05) is 0 Å². The lowest BCUT2D eigenvalue weighted by Gasteiger charge is -2.20. The lowest BCUT2D eigenvalue weighted by atomic mass is 10.1. The molecule has 0 spiro atoms. The van der Waals surface area contributed by atoms with Gasteiger partial charge < -0.3 is 11.1 Å². The predicted octanol–water partition coefficient (Wildman–Crippen LogP) is -0.208. The van der Waals surface area contributed by atoms with Gasteiger partial charge in [0.2, 0.25) is 5.91 Å². The summed E-state index contributed by atoms with van der Waals surface area (Å²) in [6.45, 7) is 4.88. The Morgan fingerprint density at radius 3 is 2.86 bits per heavy atom. The molecule has 4 heteroatoms. The lowest BCUT2D eigenvalue weighted by molar-refractivity contribution is -0.120. The molecule has 3 N–H and O–H groups in total. The quantitative estimate of drug-likeness (QED) is 0.659. The van der Waals surface area contributed by atoms with Gasteiger partial charge >= 0.3 is 0 Å². The van der Waals surface area contributed by atoms with Crippen molar-refractivity contribution in [3.8, 4) is 0 Å². The number of carbonyl (C=O) groups is 1. The summed E-state index contributed by atoms with van der Waals surface area (Å²) < 4.78 is 0. The second kappa shape index (κ2) is 5.32. The van der Waals surface area contributed by atoms with Crippen LogP contribution in [-0.2, 0) is 4.79 Å². The summed E-state index contributed by atoms with van der Waals surface area (Å²) in [5.41, 5.74) is 5.63. The molecule has 1 fully saturated rings. The summed E-state index contributed by atoms with van der Waals surface area (Å²) >= 11 is 0. The normalized spacial score (nSPS) is 27.9. The van der Waals surface area contributed by atoms with E-state index < -0.39 is 0 Å². The van der Waals surface area contributed by atoms with E-state index in [0.717, 1.165) is 19.6 Å². The minimum Gasteiger partial charge on any atom is -0.359 e. The average molecular weight is 199 g/mol. The fraction of sp³-hybridized carbons (Fsp3) is 0.900. The maximum atomic E-state index is 11.1. The molecule has 0 bridgehead atoms. The Balaban J connectivity index is 2.28. The van der Waals surface area contributed by atoms with Crippen LogP contribution in [0.4, 0.5) is 0 Å².